The average molecular weight is 343 g/mol. The van der Waals surface area contributed by atoms with Crippen LogP contribution in [0.3, 0.4) is 0 Å². The molecule has 0 aliphatic carbocycles. The Bertz CT molecular complexity index is 584. The van der Waals surface area contributed by atoms with E-state index < -0.39 is 11.6 Å². The molecular weight excluding hydrogens is 329 g/mol. The molecule has 0 nitrogen and oxygen atoms in total. The monoisotopic (exact) mass is 342 g/mol. The first kappa shape index (κ1) is 15.1. The molecule has 0 saturated carbocycles. The smallest absolute Gasteiger partial charge is 0.126 e. The lowest BCUT2D eigenvalue weighted by Gasteiger charge is -2.15. The van der Waals surface area contributed by atoms with Gasteiger partial charge in [-0.2, -0.15) is 0 Å². The first-order valence-electron chi connectivity index (χ1n) is 6.33. The molecule has 0 amide bonds. The molecule has 0 aromatic heterocycles. The van der Waals surface area contributed by atoms with Gasteiger partial charge in [0.25, 0.3) is 0 Å². The summed E-state index contributed by atoms with van der Waals surface area (Å²) in [6, 6.07) is 9.80. The first-order chi connectivity index (χ1) is 9.58. The number of hydrogen-bond acceptors (Lipinski definition) is 0. The van der Waals surface area contributed by atoms with Crippen molar-refractivity contribution in [1.82, 2.24) is 0 Å². The zero-order chi connectivity index (χ0) is 14.5. The number of halogens is 4. The van der Waals surface area contributed by atoms with Crippen molar-refractivity contribution in [2.45, 2.75) is 12.8 Å². The van der Waals surface area contributed by atoms with Crippen LogP contribution in [0, 0.1) is 23.4 Å². The third kappa shape index (κ3) is 4.10. The normalized spacial score (nSPS) is 12.4. The van der Waals surface area contributed by atoms with Crippen LogP contribution in [0.4, 0.5) is 13.2 Å². The molecule has 4 heteroatoms. The molecule has 2 aromatic rings. The van der Waals surface area contributed by atoms with E-state index >= 15 is 0 Å². The summed E-state index contributed by atoms with van der Waals surface area (Å²) in [6.07, 6.45) is 1.02. The van der Waals surface area contributed by atoms with Crippen molar-refractivity contribution in [2.75, 3.05) is 5.33 Å². The molecule has 0 bridgehead atoms. The van der Waals surface area contributed by atoms with Gasteiger partial charge < -0.3 is 0 Å². The molecule has 0 saturated heterocycles. The number of alkyl halides is 1. The molecule has 1 unspecified atom stereocenters. The second-order valence-corrected chi connectivity index (χ2v) is 5.44. The van der Waals surface area contributed by atoms with Gasteiger partial charge in [0.1, 0.15) is 17.5 Å². The number of rotatable bonds is 5. The summed E-state index contributed by atoms with van der Waals surface area (Å²) in [4.78, 5) is 0. The van der Waals surface area contributed by atoms with Crippen molar-refractivity contribution in [3.8, 4) is 0 Å². The predicted molar refractivity (Wildman–Crippen MR) is 77.5 cm³/mol. The van der Waals surface area contributed by atoms with Crippen LogP contribution >= 0.6 is 15.9 Å². The zero-order valence-electron chi connectivity index (χ0n) is 10.8. The SMILES string of the molecule is Fc1cccc(CC(CBr)Cc2cc(F)ccc2F)c1. The van der Waals surface area contributed by atoms with Gasteiger partial charge in [0.2, 0.25) is 0 Å². The number of hydrogen-bond donors (Lipinski definition) is 0. The lowest BCUT2D eigenvalue weighted by molar-refractivity contribution is 0.538. The Kier molecular flexibility index (Phi) is 5.24. The van der Waals surface area contributed by atoms with Gasteiger partial charge in [-0.3, -0.25) is 0 Å². The van der Waals surface area contributed by atoms with E-state index in [1.807, 2.05) is 6.07 Å². The van der Waals surface area contributed by atoms with Gasteiger partial charge in [-0.15, -0.1) is 0 Å². The molecule has 1 atom stereocenters. The van der Waals surface area contributed by atoms with Gasteiger partial charge in [-0.25, -0.2) is 13.2 Å². The molecule has 106 valence electrons. The maximum Gasteiger partial charge on any atom is 0.126 e. The van der Waals surface area contributed by atoms with Crippen molar-refractivity contribution in [2.24, 2.45) is 5.92 Å². The topological polar surface area (TPSA) is 0 Å². The van der Waals surface area contributed by atoms with Crippen LogP contribution in [0.5, 0.6) is 0 Å². The van der Waals surface area contributed by atoms with E-state index in [1.54, 1.807) is 6.07 Å². The summed E-state index contributed by atoms with van der Waals surface area (Å²) in [6.45, 7) is 0. The van der Waals surface area contributed by atoms with E-state index in [0.29, 0.717) is 23.7 Å². The van der Waals surface area contributed by atoms with Crippen molar-refractivity contribution < 1.29 is 13.2 Å². The highest BCUT2D eigenvalue weighted by Crippen LogP contribution is 2.20. The Hall–Kier alpha value is -1.29. The highest BCUT2D eigenvalue weighted by molar-refractivity contribution is 9.09. The summed E-state index contributed by atoms with van der Waals surface area (Å²) in [5.74, 6) is -1.06. The Morgan fingerprint density at radius 1 is 0.900 bits per heavy atom. The Morgan fingerprint density at radius 3 is 2.35 bits per heavy atom. The molecule has 0 spiro atoms. The second-order valence-electron chi connectivity index (χ2n) is 4.79. The minimum atomic E-state index is -0.444. The van der Waals surface area contributed by atoms with E-state index in [-0.39, 0.29) is 11.7 Å². The van der Waals surface area contributed by atoms with Crippen molar-refractivity contribution in [1.29, 1.82) is 0 Å². The average Bonchev–Trinajstić information content (AvgIpc) is 2.42. The zero-order valence-corrected chi connectivity index (χ0v) is 12.3. The van der Waals surface area contributed by atoms with Crippen molar-refractivity contribution in [3.63, 3.8) is 0 Å². The van der Waals surface area contributed by atoms with Gasteiger partial charge in [0.05, 0.1) is 0 Å². The fourth-order valence-electron chi connectivity index (χ4n) is 2.19. The van der Waals surface area contributed by atoms with Gasteiger partial charge >= 0.3 is 0 Å². The largest absolute Gasteiger partial charge is 0.207 e. The van der Waals surface area contributed by atoms with E-state index in [0.717, 1.165) is 17.7 Å². The first-order valence-corrected chi connectivity index (χ1v) is 7.45. The lowest BCUT2D eigenvalue weighted by atomic mass is 9.94. The highest BCUT2D eigenvalue weighted by Gasteiger charge is 2.13. The van der Waals surface area contributed by atoms with E-state index in [1.165, 1.54) is 18.2 Å². The molecule has 2 rings (SSSR count). The maximum absolute atomic E-state index is 13.6. The van der Waals surface area contributed by atoms with Crippen LogP contribution in [-0.2, 0) is 12.8 Å². The molecule has 0 radical (unpaired) electrons. The van der Waals surface area contributed by atoms with Crippen molar-refractivity contribution >= 4 is 15.9 Å². The molecule has 0 aliphatic rings. The van der Waals surface area contributed by atoms with Crippen LogP contribution in [0.25, 0.3) is 0 Å². The minimum absolute atomic E-state index is 0.0769. The molecule has 0 aliphatic heterocycles. The van der Waals surface area contributed by atoms with E-state index in [4.69, 9.17) is 0 Å². The maximum atomic E-state index is 13.6. The predicted octanol–water partition coefficient (Wildman–Crippen LogP) is 4.90. The summed E-state index contributed by atoms with van der Waals surface area (Å²) in [7, 11) is 0. The summed E-state index contributed by atoms with van der Waals surface area (Å²) in [5.41, 5.74) is 1.21. The van der Waals surface area contributed by atoms with Crippen molar-refractivity contribution in [3.05, 3.63) is 71.0 Å². The molecule has 20 heavy (non-hydrogen) atoms. The van der Waals surface area contributed by atoms with E-state index in [9.17, 15) is 13.2 Å². The number of benzene rings is 2. The minimum Gasteiger partial charge on any atom is -0.207 e. The van der Waals surface area contributed by atoms with Gasteiger partial charge in [0, 0.05) is 5.33 Å². The molecule has 0 heterocycles. The third-order valence-corrected chi connectivity index (χ3v) is 4.06. The molecule has 2 aromatic carbocycles. The fraction of sp³-hybridized carbons (Fsp3) is 0.250. The van der Waals surface area contributed by atoms with E-state index in [2.05, 4.69) is 15.9 Å². The highest BCUT2D eigenvalue weighted by atomic mass is 79.9. The standard InChI is InChI=1S/C16H14BrF3/c17-10-12(6-11-2-1-3-14(18)8-11)7-13-9-15(19)4-5-16(13)20/h1-5,8-9,12H,6-7,10H2. The lowest BCUT2D eigenvalue weighted by Crippen LogP contribution is -2.11. The fourth-order valence-corrected chi connectivity index (χ4v) is 2.65. The Balaban J connectivity index is 2.11. The van der Waals surface area contributed by atoms with Crippen LogP contribution < -0.4 is 0 Å². The van der Waals surface area contributed by atoms with Gasteiger partial charge in [-0.1, -0.05) is 28.1 Å². The van der Waals surface area contributed by atoms with Gasteiger partial charge in [0.15, 0.2) is 0 Å². The van der Waals surface area contributed by atoms with Gasteiger partial charge in [-0.05, 0) is 60.2 Å². The molecular formula is C16H14BrF3. The molecule has 0 fully saturated rings. The second kappa shape index (κ2) is 6.93. The Labute approximate surface area is 124 Å². The third-order valence-electron chi connectivity index (χ3n) is 3.15. The summed E-state index contributed by atoms with van der Waals surface area (Å²) in [5, 5.41) is 0.638. The van der Waals surface area contributed by atoms with Crippen LogP contribution in [0.15, 0.2) is 42.5 Å². The Morgan fingerprint density at radius 2 is 1.65 bits per heavy atom. The summed E-state index contributed by atoms with van der Waals surface area (Å²) >= 11 is 3.38. The quantitative estimate of drug-likeness (QED) is 0.678. The molecule has 0 N–H and O–H groups in total. The van der Waals surface area contributed by atoms with Crippen LogP contribution in [0.2, 0.25) is 0 Å². The van der Waals surface area contributed by atoms with Crippen LogP contribution in [-0.4, -0.2) is 5.33 Å². The summed E-state index contributed by atoms with van der Waals surface area (Å²) < 4.78 is 39.9. The van der Waals surface area contributed by atoms with Crippen LogP contribution in [0.1, 0.15) is 11.1 Å².